The van der Waals surface area contributed by atoms with Crippen molar-refractivity contribution in [3.05, 3.63) is 48.6 Å². The van der Waals surface area contributed by atoms with E-state index in [2.05, 4.69) is 55.6 Å². The minimum absolute atomic E-state index is 0.0581. The van der Waals surface area contributed by atoms with Gasteiger partial charge in [-0.15, -0.1) is 0 Å². The quantitative estimate of drug-likeness (QED) is 0.0420. The predicted molar refractivity (Wildman–Crippen MR) is 308 cm³/mol. The molecule has 0 saturated heterocycles. The van der Waals surface area contributed by atoms with E-state index in [0.29, 0.717) is 6.42 Å². The summed E-state index contributed by atoms with van der Waals surface area (Å²) in [4.78, 5) is 12.5. The van der Waals surface area contributed by atoms with Crippen LogP contribution in [0.1, 0.15) is 341 Å². The number of carbonyl (C=O) groups is 1. The van der Waals surface area contributed by atoms with Crippen LogP contribution in [0.2, 0.25) is 0 Å². The smallest absolute Gasteiger partial charge is 0.220 e. The van der Waals surface area contributed by atoms with Crippen molar-refractivity contribution in [2.75, 3.05) is 6.61 Å². The maximum Gasteiger partial charge on any atom is 0.220 e. The molecule has 0 saturated carbocycles. The molecule has 1 amide bonds. The van der Waals surface area contributed by atoms with E-state index < -0.39 is 12.1 Å². The molecule has 0 fully saturated rings. The number of amides is 1. The molecule has 0 aromatic rings. The van der Waals surface area contributed by atoms with Crippen molar-refractivity contribution in [3.8, 4) is 0 Å². The first-order valence-electron chi connectivity index (χ1n) is 31.4. The molecule has 0 aliphatic rings. The Labute approximate surface area is 433 Å². The van der Waals surface area contributed by atoms with Crippen molar-refractivity contribution < 1.29 is 15.0 Å². The van der Waals surface area contributed by atoms with Gasteiger partial charge in [0.15, 0.2) is 0 Å². The lowest BCUT2D eigenvalue weighted by molar-refractivity contribution is -0.123. The second-order valence-electron chi connectivity index (χ2n) is 21.5. The Morgan fingerprint density at radius 3 is 0.884 bits per heavy atom. The van der Waals surface area contributed by atoms with Crippen molar-refractivity contribution in [1.29, 1.82) is 0 Å². The summed E-state index contributed by atoms with van der Waals surface area (Å²) in [5, 5.41) is 23.2. The number of unbranched alkanes of at least 4 members (excludes halogenated alkanes) is 45. The normalized spacial score (nSPS) is 13.0. The lowest BCUT2D eigenvalue weighted by Crippen LogP contribution is -2.45. The maximum absolute atomic E-state index is 12.5. The van der Waals surface area contributed by atoms with Crippen LogP contribution in [0.5, 0.6) is 0 Å². The molecule has 0 rings (SSSR count). The third kappa shape index (κ3) is 57.1. The van der Waals surface area contributed by atoms with Crippen LogP contribution in [-0.4, -0.2) is 34.9 Å². The van der Waals surface area contributed by atoms with Gasteiger partial charge in [0, 0.05) is 6.42 Å². The van der Waals surface area contributed by atoms with Gasteiger partial charge in [0.25, 0.3) is 0 Å². The van der Waals surface area contributed by atoms with Crippen molar-refractivity contribution >= 4 is 5.91 Å². The van der Waals surface area contributed by atoms with Gasteiger partial charge in [0.1, 0.15) is 0 Å². The summed E-state index contributed by atoms with van der Waals surface area (Å²) in [7, 11) is 0. The van der Waals surface area contributed by atoms with E-state index in [1.165, 1.54) is 283 Å². The molecule has 0 aliphatic carbocycles. The van der Waals surface area contributed by atoms with Gasteiger partial charge in [-0.2, -0.15) is 0 Å². The summed E-state index contributed by atoms with van der Waals surface area (Å²) in [6.45, 7) is 4.32. The van der Waals surface area contributed by atoms with Crippen LogP contribution in [0.25, 0.3) is 0 Å². The number of hydrogen-bond acceptors (Lipinski definition) is 3. The first-order valence-corrected chi connectivity index (χ1v) is 31.4. The molecule has 0 radical (unpaired) electrons. The van der Waals surface area contributed by atoms with Crippen LogP contribution in [-0.2, 0) is 4.79 Å². The van der Waals surface area contributed by atoms with Crippen LogP contribution in [0.4, 0.5) is 0 Å². The number of aliphatic hydroxyl groups excluding tert-OH is 2. The number of allylic oxidation sites excluding steroid dienone is 7. The predicted octanol–water partition coefficient (Wildman–Crippen LogP) is 21.0. The highest BCUT2D eigenvalue weighted by Gasteiger charge is 2.18. The van der Waals surface area contributed by atoms with Gasteiger partial charge in [-0.1, -0.05) is 326 Å². The summed E-state index contributed by atoms with van der Waals surface area (Å²) in [6, 6.07) is -0.620. The summed E-state index contributed by atoms with van der Waals surface area (Å²) >= 11 is 0. The first kappa shape index (κ1) is 67.3. The van der Waals surface area contributed by atoms with Crippen LogP contribution in [0, 0.1) is 0 Å². The second-order valence-corrected chi connectivity index (χ2v) is 21.5. The molecule has 406 valence electrons. The fraction of sp³-hybridized carbons (Fsp3) is 0.862. The monoisotopic (exact) mass is 966 g/mol. The summed E-state index contributed by atoms with van der Waals surface area (Å²) in [5.74, 6) is -0.0581. The van der Waals surface area contributed by atoms with E-state index in [-0.39, 0.29) is 12.5 Å². The summed E-state index contributed by atoms with van der Waals surface area (Å²) in [6.07, 6.45) is 84.6. The second kappa shape index (κ2) is 60.7. The number of rotatable bonds is 58. The Morgan fingerprint density at radius 2 is 0.594 bits per heavy atom. The van der Waals surface area contributed by atoms with E-state index >= 15 is 0 Å². The van der Waals surface area contributed by atoms with Crippen molar-refractivity contribution in [1.82, 2.24) is 5.32 Å². The van der Waals surface area contributed by atoms with Gasteiger partial charge in [-0.3, -0.25) is 4.79 Å². The van der Waals surface area contributed by atoms with E-state index in [9.17, 15) is 15.0 Å². The molecule has 2 unspecified atom stereocenters. The average molecular weight is 967 g/mol. The molecule has 4 nitrogen and oxygen atoms in total. The molecule has 0 heterocycles. The van der Waals surface area contributed by atoms with Crippen LogP contribution in [0.3, 0.4) is 0 Å². The SMILES string of the molecule is CCCCCCC/C=C\C/C=C\C/C=C\CCCCCCCCCCCCCCCCCCCCCCCCCCCCC(=O)NC(CO)C(O)/C=C/CCCCCCCCCCCCCCCC. The third-order valence-electron chi connectivity index (χ3n) is 14.6. The number of nitrogens with one attached hydrogen (secondary N) is 1. The molecule has 0 aromatic carbocycles. The van der Waals surface area contributed by atoms with E-state index in [0.717, 1.165) is 38.5 Å². The average Bonchev–Trinajstić information content (AvgIpc) is 3.35. The highest BCUT2D eigenvalue weighted by molar-refractivity contribution is 5.76. The molecule has 0 bridgehead atoms. The van der Waals surface area contributed by atoms with Gasteiger partial charge in [-0.25, -0.2) is 0 Å². The van der Waals surface area contributed by atoms with Gasteiger partial charge in [0.05, 0.1) is 18.8 Å². The Kier molecular flexibility index (Phi) is 59.2. The van der Waals surface area contributed by atoms with Crippen LogP contribution in [0.15, 0.2) is 48.6 Å². The standard InChI is InChI=1S/C65H123NO3/c1-3-5-7-9-11-13-15-17-19-21-22-23-24-25-26-27-28-29-30-31-32-33-34-35-36-37-38-39-40-41-42-43-44-45-47-49-51-53-55-57-59-61-65(69)66-63(62-67)64(68)60-58-56-54-52-50-48-46-20-18-16-14-12-10-8-6-4-2/h15,17,21-22,24-25,58,60,63-64,67-68H,3-14,16,18-20,23,26-57,59,61-62H2,1-2H3,(H,66,69)/b17-15-,22-21-,25-24-,60-58+. The number of aliphatic hydroxyl groups is 2. The van der Waals surface area contributed by atoms with Gasteiger partial charge in [0.2, 0.25) is 5.91 Å². The molecular weight excluding hydrogens is 843 g/mol. The Balaban J connectivity index is 3.39. The molecule has 2 atom stereocenters. The highest BCUT2D eigenvalue weighted by Crippen LogP contribution is 2.18. The molecule has 0 spiro atoms. The summed E-state index contributed by atoms with van der Waals surface area (Å²) in [5.41, 5.74) is 0. The Bertz CT molecular complexity index is 1090. The molecule has 0 aliphatic heterocycles. The van der Waals surface area contributed by atoms with Crippen LogP contribution < -0.4 is 5.32 Å². The van der Waals surface area contributed by atoms with Gasteiger partial charge >= 0.3 is 0 Å². The third-order valence-corrected chi connectivity index (χ3v) is 14.6. The minimum atomic E-state index is -0.837. The van der Waals surface area contributed by atoms with Crippen molar-refractivity contribution in [2.45, 2.75) is 353 Å². The zero-order valence-corrected chi connectivity index (χ0v) is 46.8. The topological polar surface area (TPSA) is 69.6 Å². The van der Waals surface area contributed by atoms with E-state index in [4.69, 9.17) is 0 Å². The van der Waals surface area contributed by atoms with Crippen molar-refractivity contribution in [2.24, 2.45) is 0 Å². The number of carbonyl (C=O) groups excluding carboxylic acids is 1. The number of hydrogen-bond donors (Lipinski definition) is 3. The lowest BCUT2D eigenvalue weighted by Gasteiger charge is -2.20. The van der Waals surface area contributed by atoms with E-state index in [1.807, 2.05) is 6.08 Å². The Morgan fingerprint density at radius 1 is 0.348 bits per heavy atom. The maximum atomic E-state index is 12.5. The lowest BCUT2D eigenvalue weighted by atomic mass is 10.0. The largest absolute Gasteiger partial charge is 0.394 e. The van der Waals surface area contributed by atoms with Gasteiger partial charge < -0.3 is 15.5 Å². The van der Waals surface area contributed by atoms with Crippen molar-refractivity contribution in [3.63, 3.8) is 0 Å². The molecule has 69 heavy (non-hydrogen) atoms. The zero-order chi connectivity index (χ0) is 49.9. The molecule has 0 aromatic heterocycles. The highest BCUT2D eigenvalue weighted by atomic mass is 16.3. The van der Waals surface area contributed by atoms with Gasteiger partial charge in [-0.05, 0) is 57.8 Å². The molecule has 3 N–H and O–H groups in total. The zero-order valence-electron chi connectivity index (χ0n) is 46.8. The fourth-order valence-corrected chi connectivity index (χ4v) is 9.78. The minimum Gasteiger partial charge on any atom is -0.394 e. The first-order chi connectivity index (χ1) is 34.2. The fourth-order valence-electron chi connectivity index (χ4n) is 9.78. The van der Waals surface area contributed by atoms with E-state index in [1.54, 1.807) is 6.08 Å². The van der Waals surface area contributed by atoms with Crippen LogP contribution >= 0.6 is 0 Å². The molecule has 4 heteroatoms. The Hall–Kier alpha value is -1.65. The summed E-state index contributed by atoms with van der Waals surface area (Å²) < 4.78 is 0. The molecular formula is C65H123NO3.